The molecule has 106 valence electrons. The van der Waals surface area contributed by atoms with E-state index in [2.05, 4.69) is 27.0 Å². The van der Waals surface area contributed by atoms with Crippen LogP contribution in [-0.4, -0.2) is 10.7 Å². The average molecular weight is 244 g/mol. The van der Waals surface area contributed by atoms with Gasteiger partial charge in [0.05, 0.1) is 5.60 Å². The minimum Gasteiger partial charge on any atom is -0.390 e. The molecule has 0 aromatic rings. The summed E-state index contributed by atoms with van der Waals surface area (Å²) in [6.45, 7) is 16.4. The topological polar surface area (TPSA) is 20.2 Å². The Labute approximate surface area is 110 Å². The summed E-state index contributed by atoms with van der Waals surface area (Å²) < 4.78 is 0. The Balaban J connectivity index is -0.000000190. The van der Waals surface area contributed by atoms with Crippen LogP contribution in [0.1, 0.15) is 86.0 Å². The van der Waals surface area contributed by atoms with Gasteiger partial charge in [-0.1, -0.05) is 66.2 Å². The lowest BCUT2D eigenvalue weighted by Crippen LogP contribution is -2.26. The van der Waals surface area contributed by atoms with Gasteiger partial charge in [0.2, 0.25) is 0 Å². The van der Waals surface area contributed by atoms with Crippen LogP contribution in [0.2, 0.25) is 0 Å². The first-order valence-corrected chi connectivity index (χ1v) is 7.34. The molecule has 0 heterocycles. The van der Waals surface area contributed by atoms with Gasteiger partial charge >= 0.3 is 0 Å². The van der Waals surface area contributed by atoms with E-state index in [9.17, 15) is 5.11 Å². The summed E-state index contributed by atoms with van der Waals surface area (Å²) in [5.74, 6) is 0. The summed E-state index contributed by atoms with van der Waals surface area (Å²) in [5, 5.41) is 9.37. The van der Waals surface area contributed by atoms with Gasteiger partial charge in [-0.15, -0.1) is 13.2 Å². The van der Waals surface area contributed by atoms with Crippen molar-refractivity contribution >= 4 is 0 Å². The molecule has 0 amide bonds. The predicted molar refractivity (Wildman–Crippen MR) is 81.5 cm³/mol. The summed E-state index contributed by atoms with van der Waals surface area (Å²) in [6.07, 6.45) is 9.84. The molecule has 0 aliphatic heterocycles. The number of aliphatic hydroxyl groups is 1. The summed E-state index contributed by atoms with van der Waals surface area (Å²) in [7, 11) is 0. The highest BCUT2D eigenvalue weighted by Crippen LogP contribution is 2.26. The van der Waals surface area contributed by atoms with Crippen molar-refractivity contribution in [3.05, 3.63) is 13.2 Å². The molecular weight excluding hydrogens is 208 g/mol. The van der Waals surface area contributed by atoms with Crippen molar-refractivity contribution in [1.29, 1.82) is 0 Å². The molecule has 1 saturated carbocycles. The van der Waals surface area contributed by atoms with E-state index in [-0.39, 0.29) is 5.60 Å². The van der Waals surface area contributed by atoms with Crippen LogP contribution in [-0.2, 0) is 0 Å². The van der Waals surface area contributed by atoms with E-state index in [1.54, 1.807) is 0 Å². The number of hydrogen-bond acceptors (Lipinski definition) is 1. The van der Waals surface area contributed by atoms with Crippen molar-refractivity contribution in [2.75, 3.05) is 0 Å². The molecule has 0 radical (unpaired) electrons. The van der Waals surface area contributed by atoms with E-state index < -0.39 is 0 Å². The van der Waals surface area contributed by atoms with Crippen molar-refractivity contribution in [3.8, 4) is 0 Å². The zero-order chi connectivity index (χ0) is 14.2. The maximum absolute atomic E-state index is 9.37. The van der Waals surface area contributed by atoms with Crippen LogP contribution in [0.25, 0.3) is 0 Å². The molecule has 1 heteroatoms. The van der Waals surface area contributed by atoms with Gasteiger partial charge in [-0.05, 0) is 19.8 Å². The molecule has 1 fully saturated rings. The van der Waals surface area contributed by atoms with Crippen LogP contribution < -0.4 is 0 Å². The molecule has 1 aliphatic rings. The van der Waals surface area contributed by atoms with Gasteiger partial charge in [-0.2, -0.15) is 0 Å². The molecule has 1 rings (SSSR count). The molecule has 1 N–H and O–H groups in total. The fourth-order valence-corrected chi connectivity index (χ4v) is 1.67. The Morgan fingerprint density at radius 2 is 1.29 bits per heavy atom. The first-order valence-electron chi connectivity index (χ1n) is 7.34. The fourth-order valence-electron chi connectivity index (χ4n) is 1.67. The normalized spacial score (nSPS) is 16.1. The van der Waals surface area contributed by atoms with E-state index in [4.69, 9.17) is 0 Å². The van der Waals surface area contributed by atoms with Gasteiger partial charge in [-0.25, -0.2) is 0 Å². The maximum Gasteiger partial charge on any atom is 0.0619 e. The van der Waals surface area contributed by atoms with Crippen LogP contribution in [0.3, 0.4) is 0 Å². The van der Waals surface area contributed by atoms with Crippen molar-refractivity contribution in [1.82, 2.24) is 0 Å². The van der Waals surface area contributed by atoms with Gasteiger partial charge in [-0.3, -0.25) is 0 Å². The van der Waals surface area contributed by atoms with Gasteiger partial charge in [0.25, 0.3) is 0 Å². The standard InChI is InChI=1S/C7H14O.C5H12.C2H6.C2H4/c1-7(8)5-3-2-4-6-7;1-3-5-4-2;2*1-2/h8H,2-6H2,1H3;3-5H2,1-2H3;1-2H3;1-2H2. The lowest BCUT2D eigenvalue weighted by molar-refractivity contribution is 0.0225. The van der Waals surface area contributed by atoms with Crippen LogP contribution >= 0.6 is 0 Å². The molecule has 0 spiro atoms. The highest BCUT2D eigenvalue weighted by Gasteiger charge is 2.22. The zero-order valence-electron chi connectivity index (χ0n) is 13.0. The summed E-state index contributed by atoms with van der Waals surface area (Å²) in [6, 6.07) is 0. The molecule has 0 saturated heterocycles. The van der Waals surface area contributed by atoms with Gasteiger partial charge in [0.1, 0.15) is 0 Å². The highest BCUT2D eigenvalue weighted by atomic mass is 16.3. The second kappa shape index (κ2) is 18.1. The molecule has 17 heavy (non-hydrogen) atoms. The molecule has 0 aromatic carbocycles. The summed E-state index contributed by atoms with van der Waals surface area (Å²) in [5.41, 5.74) is -0.321. The highest BCUT2D eigenvalue weighted by molar-refractivity contribution is 4.76. The monoisotopic (exact) mass is 244 g/mol. The maximum atomic E-state index is 9.37. The Morgan fingerprint density at radius 3 is 1.41 bits per heavy atom. The third-order valence-electron chi connectivity index (χ3n) is 2.64. The number of unbranched alkanes of at least 4 members (excludes halogenated alkanes) is 2. The van der Waals surface area contributed by atoms with Gasteiger partial charge < -0.3 is 5.11 Å². The Bertz CT molecular complexity index is 109. The predicted octanol–water partition coefficient (Wildman–Crippen LogP) is 5.73. The first kappa shape index (κ1) is 21.9. The van der Waals surface area contributed by atoms with E-state index in [1.807, 2.05) is 20.8 Å². The first-order chi connectivity index (χ1) is 8.12. The van der Waals surface area contributed by atoms with Gasteiger partial charge in [0, 0.05) is 0 Å². The quantitative estimate of drug-likeness (QED) is 0.615. The van der Waals surface area contributed by atoms with Crippen molar-refractivity contribution in [3.63, 3.8) is 0 Å². The lowest BCUT2D eigenvalue weighted by Gasteiger charge is -2.27. The van der Waals surface area contributed by atoms with Crippen molar-refractivity contribution in [2.45, 2.75) is 91.6 Å². The summed E-state index contributed by atoms with van der Waals surface area (Å²) >= 11 is 0. The molecule has 1 nitrogen and oxygen atoms in total. The minimum atomic E-state index is -0.321. The second-order valence-electron chi connectivity index (χ2n) is 4.41. The third kappa shape index (κ3) is 21.5. The van der Waals surface area contributed by atoms with Crippen LogP contribution in [0.15, 0.2) is 13.2 Å². The van der Waals surface area contributed by atoms with E-state index >= 15 is 0 Å². The lowest BCUT2D eigenvalue weighted by atomic mass is 9.87. The number of hydrogen-bond donors (Lipinski definition) is 1. The summed E-state index contributed by atoms with van der Waals surface area (Å²) in [4.78, 5) is 0. The Hall–Kier alpha value is -0.300. The number of rotatable bonds is 2. The average Bonchev–Trinajstić information content (AvgIpc) is 2.36. The fraction of sp³-hybridized carbons (Fsp3) is 0.875. The Morgan fingerprint density at radius 1 is 0.941 bits per heavy atom. The smallest absolute Gasteiger partial charge is 0.0619 e. The molecule has 0 unspecified atom stereocenters. The second-order valence-corrected chi connectivity index (χ2v) is 4.41. The van der Waals surface area contributed by atoms with Crippen molar-refractivity contribution < 1.29 is 5.11 Å². The molecule has 0 aromatic heterocycles. The molecule has 0 bridgehead atoms. The van der Waals surface area contributed by atoms with Gasteiger partial charge in [0.15, 0.2) is 0 Å². The van der Waals surface area contributed by atoms with E-state index in [1.165, 1.54) is 38.5 Å². The minimum absolute atomic E-state index is 0.321. The van der Waals surface area contributed by atoms with Crippen LogP contribution in [0.5, 0.6) is 0 Å². The Kier molecular flexibility index (Phi) is 23.3. The van der Waals surface area contributed by atoms with Crippen LogP contribution in [0.4, 0.5) is 0 Å². The molecule has 0 atom stereocenters. The largest absolute Gasteiger partial charge is 0.390 e. The zero-order valence-corrected chi connectivity index (χ0v) is 13.0. The van der Waals surface area contributed by atoms with Crippen molar-refractivity contribution in [2.24, 2.45) is 0 Å². The molecular formula is C16H36O. The third-order valence-corrected chi connectivity index (χ3v) is 2.64. The SMILES string of the molecule is C=C.CC.CC1(O)CCCCC1.CCCCC. The van der Waals surface area contributed by atoms with E-state index in [0.29, 0.717) is 0 Å². The van der Waals surface area contributed by atoms with E-state index in [0.717, 1.165) is 12.8 Å². The molecule has 1 aliphatic carbocycles. The van der Waals surface area contributed by atoms with Crippen LogP contribution in [0, 0.1) is 0 Å².